The van der Waals surface area contributed by atoms with Crippen molar-refractivity contribution in [2.45, 2.75) is 78.4 Å². The van der Waals surface area contributed by atoms with Gasteiger partial charge in [-0.25, -0.2) is 4.79 Å². The van der Waals surface area contributed by atoms with E-state index in [4.69, 9.17) is 9.84 Å². The molecule has 2 saturated heterocycles. The molecule has 0 aromatic carbocycles. The summed E-state index contributed by atoms with van der Waals surface area (Å²) in [6.45, 7) is 13.1. The van der Waals surface area contributed by atoms with Gasteiger partial charge in [0.2, 0.25) is 0 Å². The Labute approximate surface area is 165 Å². The van der Waals surface area contributed by atoms with Crippen LogP contribution >= 0.6 is 0 Å². The molecule has 1 aliphatic carbocycles. The number of rotatable bonds is 1. The minimum absolute atomic E-state index is 0.0509. The van der Waals surface area contributed by atoms with Gasteiger partial charge in [0, 0.05) is 32.1 Å². The summed E-state index contributed by atoms with van der Waals surface area (Å²) in [5.41, 5.74) is -0.0879. The molecule has 6 nitrogen and oxygen atoms in total. The molecule has 0 radical (unpaired) electrons. The lowest BCUT2D eigenvalue weighted by Crippen LogP contribution is -2.49. The van der Waals surface area contributed by atoms with Gasteiger partial charge in [0.05, 0.1) is 6.10 Å². The molecule has 1 N–H and O–H groups in total. The minimum atomic E-state index is -0.425. The topological polar surface area (TPSA) is 70.1 Å². The highest BCUT2D eigenvalue weighted by Crippen LogP contribution is 2.51. The van der Waals surface area contributed by atoms with Gasteiger partial charge < -0.3 is 24.4 Å². The van der Waals surface area contributed by atoms with E-state index >= 15 is 0 Å². The number of aliphatic hydroxyl groups excluding tert-OH is 1. The number of aliphatic hydroxyl groups is 1. The van der Waals surface area contributed by atoms with Crippen molar-refractivity contribution >= 4 is 12.4 Å². The normalized spacial score (nSPS) is 24.9. The molecule has 2 heterocycles. The fourth-order valence-corrected chi connectivity index (χ4v) is 3.96. The number of carbonyl (C=O) groups is 2. The molecular weight excluding hydrogens is 344 g/mol. The van der Waals surface area contributed by atoms with Gasteiger partial charge in [-0.1, -0.05) is 13.8 Å². The number of hydrogen-bond acceptors (Lipinski definition) is 5. The molecule has 3 aliphatic rings. The lowest BCUT2D eigenvalue weighted by molar-refractivity contribution is -0.120. The minimum Gasteiger partial charge on any atom is -0.444 e. The number of ether oxygens (including phenoxy) is 1. The van der Waals surface area contributed by atoms with Crippen LogP contribution in [0.4, 0.5) is 4.79 Å². The van der Waals surface area contributed by atoms with Crippen molar-refractivity contribution in [2.24, 2.45) is 11.3 Å². The highest BCUT2D eigenvalue weighted by atomic mass is 16.6. The van der Waals surface area contributed by atoms with Crippen molar-refractivity contribution in [1.82, 2.24) is 9.80 Å². The molecule has 1 amide bonds. The van der Waals surface area contributed by atoms with Gasteiger partial charge >= 0.3 is 6.09 Å². The van der Waals surface area contributed by atoms with Gasteiger partial charge in [-0.15, -0.1) is 0 Å². The first-order valence-corrected chi connectivity index (χ1v) is 10.4. The van der Waals surface area contributed by atoms with Crippen molar-refractivity contribution in [3.05, 3.63) is 0 Å². The molecule has 27 heavy (non-hydrogen) atoms. The standard InChI is InChI=1S/C14H23NO3.C5H11NO.C2H6/c1-13(2,3)18-12(17)15-6-4-14(5-7-15)8-11(9-14)10-16;1-6-3-2-5(7)4-6;1-2/h10-11H,4-9H2,1-3H3;5,7H,2-4H2,1H3;1-2H3. The van der Waals surface area contributed by atoms with E-state index in [0.717, 1.165) is 64.6 Å². The van der Waals surface area contributed by atoms with E-state index in [1.54, 1.807) is 4.90 Å². The fraction of sp³-hybridized carbons (Fsp3) is 0.905. The molecule has 1 saturated carbocycles. The summed E-state index contributed by atoms with van der Waals surface area (Å²) in [6.07, 6.45) is 5.82. The number of hydrogen-bond donors (Lipinski definition) is 1. The molecule has 1 atom stereocenters. The molecule has 1 unspecified atom stereocenters. The Morgan fingerprint density at radius 3 is 2.04 bits per heavy atom. The maximum absolute atomic E-state index is 11.9. The maximum Gasteiger partial charge on any atom is 0.410 e. The highest BCUT2D eigenvalue weighted by Gasteiger charge is 2.46. The smallest absolute Gasteiger partial charge is 0.410 e. The number of piperidine rings is 1. The van der Waals surface area contributed by atoms with Crippen LogP contribution in [-0.2, 0) is 9.53 Å². The zero-order chi connectivity index (χ0) is 20.7. The van der Waals surface area contributed by atoms with Gasteiger partial charge in [0.1, 0.15) is 11.9 Å². The Kier molecular flexibility index (Phi) is 9.22. The molecule has 2 aliphatic heterocycles. The third-order valence-electron chi connectivity index (χ3n) is 5.43. The summed E-state index contributed by atoms with van der Waals surface area (Å²) < 4.78 is 5.37. The Bertz CT molecular complexity index is 451. The summed E-state index contributed by atoms with van der Waals surface area (Å²) in [6, 6.07) is 0. The first-order chi connectivity index (χ1) is 12.6. The summed E-state index contributed by atoms with van der Waals surface area (Å²) in [4.78, 5) is 26.5. The lowest BCUT2D eigenvalue weighted by Gasteiger charge is -2.50. The number of aldehydes is 1. The van der Waals surface area contributed by atoms with Crippen LogP contribution in [0.3, 0.4) is 0 Å². The fourth-order valence-electron chi connectivity index (χ4n) is 3.96. The molecular formula is C21H40N2O4. The van der Waals surface area contributed by atoms with Crippen LogP contribution in [0.5, 0.6) is 0 Å². The maximum atomic E-state index is 11.9. The lowest BCUT2D eigenvalue weighted by atomic mass is 9.58. The van der Waals surface area contributed by atoms with Gasteiger partial charge in [0.15, 0.2) is 0 Å². The summed E-state index contributed by atoms with van der Waals surface area (Å²) in [5, 5.41) is 8.86. The molecule has 0 bridgehead atoms. The summed E-state index contributed by atoms with van der Waals surface area (Å²) >= 11 is 0. The second-order valence-corrected chi connectivity index (χ2v) is 8.98. The van der Waals surface area contributed by atoms with Gasteiger partial charge in [0.25, 0.3) is 0 Å². The zero-order valence-electron chi connectivity index (χ0n) is 18.2. The SMILES string of the molecule is CC.CC(C)(C)OC(=O)N1CCC2(CC1)CC(C=O)C2.CN1CCC(O)C1. The van der Waals surface area contributed by atoms with Crippen molar-refractivity contribution in [3.63, 3.8) is 0 Å². The van der Waals surface area contributed by atoms with Crippen LogP contribution in [0.15, 0.2) is 0 Å². The van der Waals surface area contributed by atoms with E-state index in [1.165, 1.54) is 0 Å². The van der Waals surface area contributed by atoms with Gasteiger partial charge in [-0.2, -0.15) is 0 Å². The van der Waals surface area contributed by atoms with Crippen LogP contribution in [0.25, 0.3) is 0 Å². The number of carbonyl (C=O) groups excluding carboxylic acids is 2. The van der Waals surface area contributed by atoms with E-state index in [9.17, 15) is 9.59 Å². The van der Waals surface area contributed by atoms with E-state index in [0.29, 0.717) is 5.41 Å². The number of amides is 1. The molecule has 158 valence electrons. The highest BCUT2D eigenvalue weighted by molar-refractivity contribution is 5.68. The van der Waals surface area contributed by atoms with Crippen molar-refractivity contribution in [2.75, 3.05) is 33.2 Å². The van der Waals surface area contributed by atoms with E-state index in [1.807, 2.05) is 41.7 Å². The number of β-amino-alcohol motifs (C(OH)–C–C–N with tert-alkyl or cyclic N) is 1. The average Bonchev–Trinajstić information content (AvgIpc) is 2.96. The summed E-state index contributed by atoms with van der Waals surface area (Å²) in [7, 11) is 2.02. The van der Waals surface area contributed by atoms with E-state index < -0.39 is 5.60 Å². The van der Waals surface area contributed by atoms with Crippen molar-refractivity contribution < 1.29 is 19.4 Å². The molecule has 3 rings (SSSR count). The van der Waals surface area contributed by atoms with Gasteiger partial charge in [-0.05, 0) is 65.3 Å². The van der Waals surface area contributed by atoms with Crippen LogP contribution in [-0.4, -0.2) is 72.2 Å². The summed E-state index contributed by atoms with van der Waals surface area (Å²) in [5.74, 6) is 0.262. The molecule has 1 spiro atoms. The van der Waals surface area contributed by atoms with Crippen molar-refractivity contribution in [3.8, 4) is 0 Å². The van der Waals surface area contributed by atoms with Gasteiger partial charge in [-0.3, -0.25) is 0 Å². The average molecular weight is 385 g/mol. The zero-order valence-corrected chi connectivity index (χ0v) is 18.2. The van der Waals surface area contributed by atoms with Crippen LogP contribution in [0.1, 0.15) is 66.7 Å². The molecule has 0 aromatic heterocycles. The van der Waals surface area contributed by atoms with E-state index in [-0.39, 0.29) is 18.1 Å². The Hall–Kier alpha value is -1.14. The molecule has 3 fully saturated rings. The molecule has 6 heteroatoms. The van der Waals surface area contributed by atoms with E-state index in [2.05, 4.69) is 4.90 Å². The van der Waals surface area contributed by atoms with Crippen LogP contribution < -0.4 is 0 Å². The number of likely N-dealkylation sites (tertiary alicyclic amines) is 2. The number of likely N-dealkylation sites (N-methyl/N-ethyl adjacent to an activating group) is 1. The number of nitrogens with zero attached hydrogens (tertiary/aromatic N) is 2. The monoisotopic (exact) mass is 384 g/mol. The van der Waals surface area contributed by atoms with Crippen molar-refractivity contribution in [1.29, 1.82) is 0 Å². The predicted molar refractivity (Wildman–Crippen MR) is 108 cm³/mol. The second kappa shape index (κ2) is 10.4. The van der Waals surface area contributed by atoms with Crippen LogP contribution in [0.2, 0.25) is 0 Å². The quantitative estimate of drug-likeness (QED) is 0.702. The first-order valence-electron chi connectivity index (χ1n) is 10.4. The third kappa shape index (κ3) is 7.78. The Balaban J connectivity index is 0.000000338. The largest absolute Gasteiger partial charge is 0.444 e. The predicted octanol–water partition coefficient (Wildman–Crippen LogP) is 3.32. The first kappa shape index (κ1) is 23.9. The third-order valence-corrected chi connectivity index (χ3v) is 5.43. The molecule has 0 aromatic rings. The Morgan fingerprint density at radius 2 is 1.70 bits per heavy atom. The van der Waals surface area contributed by atoms with Crippen LogP contribution in [0, 0.1) is 11.3 Å². The second-order valence-electron chi connectivity index (χ2n) is 8.98. The Morgan fingerprint density at radius 1 is 1.15 bits per heavy atom.